The van der Waals surface area contributed by atoms with Gasteiger partial charge in [-0.1, -0.05) is 30.3 Å². The zero-order chi connectivity index (χ0) is 13.8. The number of thiazole rings is 1. The van der Waals surface area contributed by atoms with Crippen molar-refractivity contribution < 1.29 is 4.79 Å². The fraction of sp³-hybridized carbons (Fsp3) is 0.0833. The first-order chi connectivity index (χ1) is 9.81. The third-order valence-corrected chi connectivity index (χ3v) is 3.14. The summed E-state index contributed by atoms with van der Waals surface area (Å²) >= 11 is 1.36. The van der Waals surface area contributed by atoms with Crippen molar-refractivity contribution in [1.29, 1.82) is 0 Å². The van der Waals surface area contributed by atoms with E-state index in [-0.39, 0.29) is 12.5 Å². The minimum absolute atomic E-state index is 0.000582. The summed E-state index contributed by atoms with van der Waals surface area (Å²) in [4.78, 5) is 17.0. The summed E-state index contributed by atoms with van der Waals surface area (Å²) in [7, 11) is 0. The monoisotopic (exact) mass is 286 g/mol. The maximum absolute atomic E-state index is 11.8. The van der Waals surface area contributed by atoms with E-state index < -0.39 is 0 Å². The number of nitrogens with zero attached hydrogens (tertiary/aromatic N) is 5. The van der Waals surface area contributed by atoms with Crippen LogP contribution in [0.1, 0.15) is 0 Å². The highest BCUT2D eigenvalue weighted by atomic mass is 32.1. The summed E-state index contributed by atoms with van der Waals surface area (Å²) in [5.41, 5.74) is 0.860. The summed E-state index contributed by atoms with van der Waals surface area (Å²) < 4.78 is 0. The Bertz CT molecular complexity index is 694. The Morgan fingerprint density at radius 2 is 2.15 bits per heavy atom. The SMILES string of the molecule is O=C(Cn1nnc(-c2ccccc2)n1)Nc1nccs1. The Morgan fingerprint density at radius 1 is 1.30 bits per heavy atom. The second-order valence-electron chi connectivity index (χ2n) is 3.89. The zero-order valence-electron chi connectivity index (χ0n) is 10.3. The van der Waals surface area contributed by atoms with Gasteiger partial charge in [0.1, 0.15) is 6.54 Å². The van der Waals surface area contributed by atoms with E-state index in [0.29, 0.717) is 11.0 Å². The number of tetrazole rings is 1. The molecule has 0 aliphatic heterocycles. The van der Waals surface area contributed by atoms with Gasteiger partial charge in [-0.3, -0.25) is 4.79 Å². The summed E-state index contributed by atoms with van der Waals surface area (Å²) in [5.74, 6) is 0.254. The lowest BCUT2D eigenvalue weighted by atomic mass is 10.2. The predicted molar refractivity (Wildman–Crippen MR) is 74.0 cm³/mol. The normalized spacial score (nSPS) is 10.4. The van der Waals surface area contributed by atoms with Crippen molar-refractivity contribution in [3.63, 3.8) is 0 Å². The van der Waals surface area contributed by atoms with E-state index in [1.165, 1.54) is 16.1 Å². The molecule has 0 saturated heterocycles. The van der Waals surface area contributed by atoms with Gasteiger partial charge in [0.15, 0.2) is 5.13 Å². The van der Waals surface area contributed by atoms with Gasteiger partial charge in [-0.05, 0) is 5.21 Å². The van der Waals surface area contributed by atoms with E-state index in [1.807, 2.05) is 30.3 Å². The molecule has 1 amide bonds. The maximum Gasteiger partial charge on any atom is 0.249 e. The third-order valence-electron chi connectivity index (χ3n) is 2.45. The van der Waals surface area contributed by atoms with Crippen LogP contribution in [-0.4, -0.2) is 31.1 Å². The van der Waals surface area contributed by atoms with Crippen molar-refractivity contribution in [3.05, 3.63) is 41.9 Å². The molecule has 8 heteroatoms. The molecule has 7 nitrogen and oxygen atoms in total. The number of hydrogen-bond donors (Lipinski definition) is 1. The quantitative estimate of drug-likeness (QED) is 0.784. The van der Waals surface area contributed by atoms with E-state index in [2.05, 4.69) is 25.7 Å². The lowest BCUT2D eigenvalue weighted by Gasteiger charge is -1.99. The first kappa shape index (κ1) is 12.4. The minimum atomic E-state index is -0.239. The molecule has 2 aromatic heterocycles. The molecule has 2 heterocycles. The highest BCUT2D eigenvalue weighted by Crippen LogP contribution is 2.12. The number of carbonyl (C=O) groups excluding carboxylic acids is 1. The molecule has 1 N–H and O–H groups in total. The van der Waals surface area contributed by atoms with E-state index >= 15 is 0 Å². The average molecular weight is 286 g/mol. The van der Waals surface area contributed by atoms with Crippen LogP contribution in [0.5, 0.6) is 0 Å². The molecule has 3 rings (SSSR count). The van der Waals surface area contributed by atoms with E-state index in [4.69, 9.17) is 0 Å². The van der Waals surface area contributed by atoms with Gasteiger partial charge in [0.25, 0.3) is 0 Å². The lowest BCUT2D eigenvalue weighted by molar-refractivity contribution is -0.117. The van der Waals surface area contributed by atoms with E-state index in [9.17, 15) is 4.79 Å². The predicted octanol–water partition coefficient (Wildman–Crippen LogP) is 1.44. The van der Waals surface area contributed by atoms with Crippen molar-refractivity contribution in [1.82, 2.24) is 25.2 Å². The van der Waals surface area contributed by atoms with Gasteiger partial charge in [-0.25, -0.2) is 4.98 Å². The second-order valence-corrected chi connectivity index (χ2v) is 4.79. The van der Waals surface area contributed by atoms with E-state index in [1.54, 1.807) is 11.6 Å². The van der Waals surface area contributed by atoms with Gasteiger partial charge in [0, 0.05) is 17.1 Å². The fourth-order valence-electron chi connectivity index (χ4n) is 1.59. The maximum atomic E-state index is 11.8. The third kappa shape index (κ3) is 2.86. The molecule has 1 aromatic carbocycles. The van der Waals surface area contributed by atoms with Crippen molar-refractivity contribution in [2.75, 3.05) is 5.32 Å². The Kier molecular flexibility index (Phi) is 3.46. The zero-order valence-corrected chi connectivity index (χ0v) is 11.1. The molecule has 0 unspecified atom stereocenters. The largest absolute Gasteiger partial charge is 0.300 e. The van der Waals surface area contributed by atoms with Crippen LogP contribution >= 0.6 is 11.3 Å². The summed E-state index contributed by atoms with van der Waals surface area (Å²) in [6.07, 6.45) is 1.63. The Labute approximate surface area is 118 Å². The molecular formula is C12H10N6OS. The molecule has 0 bridgehead atoms. The van der Waals surface area contributed by atoms with Crippen molar-refractivity contribution >= 4 is 22.4 Å². The molecule has 0 saturated carbocycles. The Morgan fingerprint density at radius 3 is 2.90 bits per heavy atom. The van der Waals surface area contributed by atoms with Gasteiger partial charge >= 0.3 is 0 Å². The van der Waals surface area contributed by atoms with Crippen LogP contribution in [0, 0.1) is 0 Å². The van der Waals surface area contributed by atoms with Crippen LogP contribution in [0.3, 0.4) is 0 Å². The number of amides is 1. The molecule has 3 aromatic rings. The summed E-state index contributed by atoms with van der Waals surface area (Å²) in [5, 5.41) is 17.0. The number of rotatable bonds is 4. The lowest BCUT2D eigenvalue weighted by Crippen LogP contribution is -2.20. The van der Waals surface area contributed by atoms with Crippen LogP contribution < -0.4 is 5.32 Å². The van der Waals surface area contributed by atoms with E-state index in [0.717, 1.165) is 5.56 Å². The molecule has 20 heavy (non-hydrogen) atoms. The van der Waals surface area contributed by atoms with Crippen LogP contribution in [-0.2, 0) is 11.3 Å². The fourth-order valence-corrected chi connectivity index (χ4v) is 2.13. The number of benzene rings is 1. The Balaban J connectivity index is 1.67. The number of carbonyl (C=O) groups is 1. The van der Waals surface area contributed by atoms with Crippen molar-refractivity contribution in [2.24, 2.45) is 0 Å². The number of nitrogens with one attached hydrogen (secondary N) is 1. The van der Waals surface area contributed by atoms with Gasteiger partial charge in [-0.2, -0.15) is 4.80 Å². The molecule has 0 spiro atoms. The average Bonchev–Trinajstić information content (AvgIpc) is 3.11. The highest BCUT2D eigenvalue weighted by molar-refractivity contribution is 7.13. The first-order valence-electron chi connectivity index (χ1n) is 5.84. The molecule has 100 valence electrons. The topological polar surface area (TPSA) is 85.6 Å². The summed E-state index contributed by atoms with van der Waals surface area (Å²) in [6.45, 7) is -0.000582. The number of aromatic nitrogens is 5. The molecule has 0 atom stereocenters. The molecule has 0 fully saturated rings. The van der Waals surface area contributed by atoms with Crippen LogP contribution in [0.2, 0.25) is 0 Å². The molecule has 0 aliphatic carbocycles. The summed E-state index contributed by atoms with van der Waals surface area (Å²) in [6, 6.07) is 9.47. The first-order valence-corrected chi connectivity index (χ1v) is 6.72. The number of anilines is 1. The molecule has 0 radical (unpaired) electrons. The van der Waals surface area contributed by atoms with Crippen LogP contribution in [0.15, 0.2) is 41.9 Å². The van der Waals surface area contributed by atoms with Crippen molar-refractivity contribution in [2.45, 2.75) is 6.54 Å². The van der Waals surface area contributed by atoms with Crippen molar-refractivity contribution in [3.8, 4) is 11.4 Å². The second kappa shape index (κ2) is 5.57. The highest BCUT2D eigenvalue weighted by Gasteiger charge is 2.09. The number of hydrogen-bond acceptors (Lipinski definition) is 6. The Hall–Kier alpha value is -2.61. The van der Waals surface area contributed by atoms with Gasteiger partial charge in [-0.15, -0.1) is 21.5 Å². The molecule has 0 aliphatic rings. The van der Waals surface area contributed by atoms with Gasteiger partial charge < -0.3 is 5.32 Å². The van der Waals surface area contributed by atoms with Gasteiger partial charge in [0.05, 0.1) is 0 Å². The molecular weight excluding hydrogens is 276 g/mol. The van der Waals surface area contributed by atoms with Crippen LogP contribution in [0.25, 0.3) is 11.4 Å². The standard InChI is InChI=1S/C12H10N6OS/c19-10(14-12-13-6-7-20-12)8-18-16-11(15-17-18)9-4-2-1-3-5-9/h1-7H,8H2,(H,13,14,19). The van der Waals surface area contributed by atoms with Gasteiger partial charge in [0.2, 0.25) is 11.7 Å². The minimum Gasteiger partial charge on any atom is -0.300 e. The van der Waals surface area contributed by atoms with Crippen LogP contribution in [0.4, 0.5) is 5.13 Å². The smallest absolute Gasteiger partial charge is 0.249 e.